The van der Waals surface area contributed by atoms with Gasteiger partial charge >= 0.3 is 0 Å². The van der Waals surface area contributed by atoms with Gasteiger partial charge in [-0.1, -0.05) is 48.5 Å². The number of aromatic amines is 1. The van der Waals surface area contributed by atoms with E-state index in [0.717, 1.165) is 17.5 Å². The van der Waals surface area contributed by atoms with Gasteiger partial charge in [-0.2, -0.15) is 0 Å². The normalized spacial score (nSPS) is 14.1. The molecule has 0 aliphatic rings. The van der Waals surface area contributed by atoms with Gasteiger partial charge in [-0.15, -0.1) is 0 Å². The molecule has 3 nitrogen and oxygen atoms in total. The van der Waals surface area contributed by atoms with E-state index in [2.05, 4.69) is 29.4 Å². The lowest BCUT2D eigenvalue weighted by atomic mass is 10.1. The molecular weight excluding hydrogens is 274 g/mol. The second kappa shape index (κ2) is 6.34. The van der Waals surface area contributed by atoms with Crippen LogP contribution in [0.2, 0.25) is 0 Å². The van der Waals surface area contributed by atoms with E-state index < -0.39 is 5.79 Å². The Labute approximate surface area is 130 Å². The standard InChI is InChI=1S/C19H21NO2/c1-19(21-2,16-8-4-3-5-9-16)22-13-12-15-14-20-18-11-7-6-10-17(15)18/h3-11,14,20H,12-13H2,1-2H3. The summed E-state index contributed by atoms with van der Waals surface area (Å²) in [5.74, 6) is -0.715. The Bertz CT molecular complexity index is 735. The molecule has 1 heterocycles. The zero-order valence-electron chi connectivity index (χ0n) is 13.0. The predicted octanol–water partition coefficient (Wildman–Crippen LogP) is 4.25. The van der Waals surface area contributed by atoms with Gasteiger partial charge in [0.25, 0.3) is 0 Å². The first-order valence-electron chi connectivity index (χ1n) is 7.52. The van der Waals surface area contributed by atoms with Crippen LogP contribution >= 0.6 is 0 Å². The Morgan fingerprint density at radius 3 is 2.50 bits per heavy atom. The number of ether oxygens (including phenoxy) is 2. The van der Waals surface area contributed by atoms with E-state index in [0.29, 0.717) is 6.61 Å². The van der Waals surface area contributed by atoms with Gasteiger partial charge in [-0.3, -0.25) is 0 Å². The monoisotopic (exact) mass is 295 g/mol. The molecule has 0 aliphatic carbocycles. The third-order valence-corrected chi connectivity index (χ3v) is 4.11. The van der Waals surface area contributed by atoms with Gasteiger partial charge in [0.2, 0.25) is 0 Å². The van der Waals surface area contributed by atoms with Crippen LogP contribution in [0.15, 0.2) is 60.8 Å². The fraction of sp³-hybridized carbons (Fsp3) is 0.263. The molecule has 0 amide bonds. The summed E-state index contributed by atoms with van der Waals surface area (Å²) < 4.78 is 11.7. The zero-order chi connectivity index (χ0) is 15.4. The van der Waals surface area contributed by atoms with Crippen molar-refractivity contribution in [2.45, 2.75) is 19.1 Å². The summed E-state index contributed by atoms with van der Waals surface area (Å²) in [5, 5.41) is 1.25. The number of nitrogens with one attached hydrogen (secondary N) is 1. The molecule has 114 valence electrons. The highest BCUT2D eigenvalue weighted by molar-refractivity contribution is 5.83. The lowest BCUT2D eigenvalue weighted by Gasteiger charge is -2.28. The van der Waals surface area contributed by atoms with Crippen LogP contribution in [0.5, 0.6) is 0 Å². The maximum Gasteiger partial charge on any atom is 0.191 e. The third-order valence-electron chi connectivity index (χ3n) is 4.11. The maximum atomic E-state index is 6.05. The first-order valence-corrected chi connectivity index (χ1v) is 7.52. The molecule has 3 rings (SSSR count). The lowest BCUT2D eigenvalue weighted by molar-refractivity contribution is -0.218. The van der Waals surface area contributed by atoms with Crippen molar-refractivity contribution in [3.05, 3.63) is 71.9 Å². The Balaban J connectivity index is 1.69. The van der Waals surface area contributed by atoms with Crippen molar-refractivity contribution in [3.8, 4) is 0 Å². The van der Waals surface area contributed by atoms with Crippen LogP contribution in [0.1, 0.15) is 18.1 Å². The smallest absolute Gasteiger partial charge is 0.191 e. The Hall–Kier alpha value is -2.10. The van der Waals surface area contributed by atoms with Crippen molar-refractivity contribution in [2.24, 2.45) is 0 Å². The third kappa shape index (κ3) is 2.91. The number of benzene rings is 2. The van der Waals surface area contributed by atoms with Crippen LogP contribution < -0.4 is 0 Å². The number of hydrogen-bond acceptors (Lipinski definition) is 2. The lowest BCUT2D eigenvalue weighted by Crippen LogP contribution is -2.29. The van der Waals surface area contributed by atoms with Gasteiger partial charge in [-0.05, 0) is 25.0 Å². The van der Waals surface area contributed by atoms with Gasteiger partial charge in [0, 0.05) is 29.8 Å². The summed E-state index contributed by atoms with van der Waals surface area (Å²) in [7, 11) is 1.68. The number of hydrogen-bond donors (Lipinski definition) is 1. The van der Waals surface area contributed by atoms with Gasteiger partial charge in [0.05, 0.1) is 6.61 Å². The number of fused-ring (bicyclic) bond motifs is 1. The van der Waals surface area contributed by atoms with Crippen LogP contribution in [0, 0.1) is 0 Å². The van der Waals surface area contributed by atoms with Crippen molar-refractivity contribution >= 4 is 10.9 Å². The molecule has 0 saturated carbocycles. The molecule has 3 aromatic rings. The van der Waals surface area contributed by atoms with Crippen LogP contribution in [0.4, 0.5) is 0 Å². The average Bonchev–Trinajstić information content (AvgIpc) is 2.99. The minimum absolute atomic E-state index is 0.598. The largest absolute Gasteiger partial charge is 0.361 e. The summed E-state index contributed by atoms with van der Waals surface area (Å²) in [6, 6.07) is 18.3. The van der Waals surface area contributed by atoms with Crippen molar-refractivity contribution in [1.82, 2.24) is 4.98 Å². The van der Waals surface area contributed by atoms with E-state index >= 15 is 0 Å². The van der Waals surface area contributed by atoms with Crippen LogP contribution in [0.3, 0.4) is 0 Å². The number of H-pyrrole nitrogens is 1. The zero-order valence-corrected chi connectivity index (χ0v) is 13.0. The molecule has 0 radical (unpaired) electrons. The minimum Gasteiger partial charge on any atom is -0.361 e. The summed E-state index contributed by atoms with van der Waals surface area (Å²) in [5.41, 5.74) is 3.45. The SMILES string of the molecule is COC(C)(OCCc1c[nH]c2ccccc12)c1ccccc1. The van der Waals surface area contributed by atoms with Crippen LogP contribution in [0.25, 0.3) is 10.9 Å². The van der Waals surface area contributed by atoms with Gasteiger partial charge in [-0.25, -0.2) is 0 Å². The highest BCUT2D eigenvalue weighted by Gasteiger charge is 2.26. The fourth-order valence-corrected chi connectivity index (χ4v) is 2.70. The van der Waals surface area contributed by atoms with Gasteiger partial charge in [0.1, 0.15) is 0 Å². The van der Waals surface area contributed by atoms with Crippen molar-refractivity contribution in [2.75, 3.05) is 13.7 Å². The Kier molecular flexibility index (Phi) is 4.27. The Morgan fingerprint density at radius 1 is 1.00 bits per heavy atom. The molecule has 1 atom stereocenters. The highest BCUT2D eigenvalue weighted by Crippen LogP contribution is 2.26. The Morgan fingerprint density at radius 2 is 1.73 bits per heavy atom. The maximum absolute atomic E-state index is 6.05. The fourth-order valence-electron chi connectivity index (χ4n) is 2.70. The second-order valence-electron chi connectivity index (χ2n) is 5.47. The molecule has 0 fully saturated rings. The van der Waals surface area contributed by atoms with E-state index in [1.54, 1.807) is 7.11 Å². The molecular formula is C19H21NO2. The summed E-state index contributed by atoms with van der Waals surface area (Å²) in [4.78, 5) is 3.29. The number of para-hydroxylation sites is 1. The minimum atomic E-state index is -0.715. The topological polar surface area (TPSA) is 34.2 Å². The number of rotatable bonds is 6. The summed E-state index contributed by atoms with van der Waals surface area (Å²) in [6.45, 7) is 2.55. The first kappa shape index (κ1) is 14.8. The van der Waals surface area contributed by atoms with Crippen LogP contribution in [-0.2, 0) is 21.7 Å². The number of aromatic nitrogens is 1. The van der Waals surface area contributed by atoms with Crippen molar-refractivity contribution < 1.29 is 9.47 Å². The summed E-state index contributed by atoms with van der Waals surface area (Å²) in [6.07, 6.45) is 2.90. The predicted molar refractivity (Wildman–Crippen MR) is 88.8 cm³/mol. The molecule has 0 aliphatic heterocycles. The van der Waals surface area contributed by atoms with E-state index in [1.165, 1.54) is 10.9 Å². The van der Waals surface area contributed by atoms with Crippen molar-refractivity contribution in [3.63, 3.8) is 0 Å². The first-order chi connectivity index (χ1) is 10.7. The highest BCUT2D eigenvalue weighted by atomic mass is 16.7. The molecule has 22 heavy (non-hydrogen) atoms. The van der Waals surface area contributed by atoms with Crippen molar-refractivity contribution in [1.29, 1.82) is 0 Å². The molecule has 0 bridgehead atoms. The molecule has 0 saturated heterocycles. The molecule has 0 spiro atoms. The average molecular weight is 295 g/mol. The van der Waals surface area contributed by atoms with E-state index in [9.17, 15) is 0 Å². The van der Waals surface area contributed by atoms with E-state index in [-0.39, 0.29) is 0 Å². The van der Waals surface area contributed by atoms with Gasteiger partial charge < -0.3 is 14.5 Å². The van der Waals surface area contributed by atoms with E-state index in [4.69, 9.17) is 9.47 Å². The van der Waals surface area contributed by atoms with Gasteiger partial charge in [0.15, 0.2) is 5.79 Å². The molecule has 1 N–H and O–H groups in total. The quantitative estimate of drug-likeness (QED) is 0.690. The summed E-state index contributed by atoms with van der Waals surface area (Å²) >= 11 is 0. The van der Waals surface area contributed by atoms with Crippen LogP contribution in [-0.4, -0.2) is 18.7 Å². The molecule has 1 unspecified atom stereocenters. The molecule has 3 heteroatoms. The molecule has 1 aromatic heterocycles. The second-order valence-corrected chi connectivity index (χ2v) is 5.47. The molecule has 2 aromatic carbocycles. The number of methoxy groups -OCH3 is 1. The van der Waals surface area contributed by atoms with E-state index in [1.807, 2.05) is 43.3 Å².